The summed E-state index contributed by atoms with van der Waals surface area (Å²) in [5.41, 5.74) is 2.71. The molecule has 0 saturated carbocycles. The second-order valence-electron chi connectivity index (χ2n) is 6.14. The lowest BCUT2D eigenvalue weighted by molar-refractivity contribution is 0.198. The molecule has 0 N–H and O–H groups in total. The van der Waals surface area contributed by atoms with E-state index in [1.54, 1.807) is 0 Å². The molecule has 2 nitrogen and oxygen atoms in total. The molecule has 2 rings (SSSR count). The molecule has 2 heteroatoms. The van der Waals surface area contributed by atoms with Crippen LogP contribution in [0.2, 0.25) is 0 Å². The van der Waals surface area contributed by atoms with Crippen molar-refractivity contribution in [1.29, 1.82) is 0 Å². The number of allylic oxidation sites excluding steroid dienone is 1. The number of piperidine rings is 1. The van der Waals surface area contributed by atoms with Gasteiger partial charge in [-0.25, -0.2) is 0 Å². The normalized spacial score (nSPS) is 19.8. The van der Waals surface area contributed by atoms with Gasteiger partial charge in [-0.15, -0.1) is 0 Å². The number of aliphatic imine (C=N–C) groups is 1. The summed E-state index contributed by atoms with van der Waals surface area (Å²) in [5.74, 6) is 0. The van der Waals surface area contributed by atoms with E-state index in [-0.39, 0.29) is 0 Å². The first kappa shape index (κ1) is 16.0. The predicted molar refractivity (Wildman–Crippen MR) is 91.9 cm³/mol. The molecule has 0 amide bonds. The molecule has 0 aromatic heterocycles. The van der Waals surface area contributed by atoms with Crippen molar-refractivity contribution in [1.82, 2.24) is 4.90 Å². The predicted octanol–water partition coefficient (Wildman–Crippen LogP) is 4.47. The maximum Gasteiger partial charge on any atom is 0.0636 e. The minimum absolute atomic E-state index is 0.535. The van der Waals surface area contributed by atoms with Gasteiger partial charge in [-0.2, -0.15) is 0 Å². The Labute approximate surface area is 129 Å². The Hall–Kier alpha value is -1.41. The summed E-state index contributed by atoms with van der Waals surface area (Å²) in [7, 11) is 0. The van der Waals surface area contributed by atoms with Gasteiger partial charge in [0.05, 0.1) is 6.54 Å². The molecule has 1 aliphatic heterocycles. The van der Waals surface area contributed by atoms with Crippen LogP contribution in [0.4, 0.5) is 0 Å². The van der Waals surface area contributed by atoms with Gasteiger partial charge in [0.15, 0.2) is 0 Å². The summed E-state index contributed by atoms with van der Waals surface area (Å²) in [4.78, 5) is 7.27. The fourth-order valence-electron chi connectivity index (χ4n) is 2.85. The average molecular weight is 284 g/mol. The molecule has 114 valence electrons. The maximum absolute atomic E-state index is 4.68. The number of nitrogens with zero attached hydrogens (tertiary/aromatic N) is 2. The van der Waals surface area contributed by atoms with E-state index in [1.807, 2.05) is 0 Å². The van der Waals surface area contributed by atoms with E-state index in [2.05, 4.69) is 66.4 Å². The molecular formula is C19H28N2. The molecule has 1 unspecified atom stereocenters. The first-order valence-corrected chi connectivity index (χ1v) is 8.17. The van der Waals surface area contributed by atoms with Crippen molar-refractivity contribution in [3.05, 3.63) is 47.5 Å². The van der Waals surface area contributed by atoms with Gasteiger partial charge in [-0.3, -0.25) is 9.89 Å². The highest BCUT2D eigenvalue weighted by Gasteiger charge is 2.19. The Bertz CT molecular complexity index is 458. The molecule has 1 saturated heterocycles. The summed E-state index contributed by atoms with van der Waals surface area (Å²) >= 11 is 0. The molecule has 1 aliphatic rings. The lowest BCUT2D eigenvalue weighted by Crippen LogP contribution is -2.41. The number of benzene rings is 1. The van der Waals surface area contributed by atoms with Gasteiger partial charge in [0.25, 0.3) is 0 Å². The van der Waals surface area contributed by atoms with Crippen molar-refractivity contribution in [2.75, 3.05) is 13.1 Å². The molecule has 1 aromatic carbocycles. The molecule has 0 bridgehead atoms. The Kier molecular flexibility index (Phi) is 6.68. The van der Waals surface area contributed by atoms with Crippen LogP contribution in [-0.2, 0) is 6.54 Å². The van der Waals surface area contributed by atoms with Gasteiger partial charge in [-0.1, -0.05) is 48.4 Å². The highest BCUT2D eigenvalue weighted by molar-refractivity contribution is 5.64. The summed E-state index contributed by atoms with van der Waals surface area (Å²) in [6.07, 6.45) is 9.61. The van der Waals surface area contributed by atoms with Crippen LogP contribution in [0.3, 0.4) is 0 Å². The van der Waals surface area contributed by atoms with Crippen LogP contribution in [0.15, 0.2) is 47.0 Å². The first-order valence-electron chi connectivity index (χ1n) is 8.17. The van der Waals surface area contributed by atoms with Crippen molar-refractivity contribution >= 4 is 6.21 Å². The molecule has 0 aliphatic carbocycles. The summed E-state index contributed by atoms with van der Waals surface area (Å²) in [6, 6.07) is 11.0. The lowest BCUT2D eigenvalue weighted by Gasteiger charge is -2.33. The Morgan fingerprint density at radius 3 is 2.81 bits per heavy atom. The molecular weight excluding hydrogens is 256 g/mol. The van der Waals surface area contributed by atoms with E-state index < -0.39 is 0 Å². The van der Waals surface area contributed by atoms with Crippen molar-refractivity contribution in [2.45, 2.75) is 52.1 Å². The molecule has 0 radical (unpaired) electrons. The van der Waals surface area contributed by atoms with Crippen molar-refractivity contribution in [2.24, 2.45) is 4.99 Å². The van der Waals surface area contributed by atoms with Crippen LogP contribution in [0.25, 0.3) is 0 Å². The summed E-state index contributed by atoms with van der Waals surface area (Å²) in [5, 5.41) is 0. The van der Waals surface area contributed by atoms with E-state index >= 15 is 0 Å². The quantitative estimate of drug-likeness (QED) is 0.556. The fraction of sp³-hybridized carbons (Fsp3) is 0.526. The SMILES string of the molecule is CC(C)=CCCN1CCCCC1C=NCc1ccccc1. The summed E-state index contributed by atoms with van der Waals surface area (Å²) in [6.45, 7) is 7.54. The highest BCUT2D eigenvalue weighted by atomic mass is 15.2. The van der Waals surface area contributed by atoms with Gasteiger partial charge in [0, 0.05) is 18.8 Å². The van der Waals surface area contributed by atoms with Crippen molar-refractivity contribution < 1.29 is 0 Å². The smallest absolute Gasteiger partial charge is 0.0636 e. The second-order valence-corrected chi connectivity index (χ2v) is 6.14. The molecule has 1 fully saturated rings. The zero-order valence-electron chi connectivity index (χ0n) is 13.5. The van der Waals surface area contributed by atoms with E-state index in [1.165, 1.54) is 36.9 Å². The van der Waals surface area contributed by atoms with E-state index in [0.29, 0.717) is 6.04 Å². The third kappa shape index (κ3) is 5.84. The van der Waals surface area contributed by atoms with E-state index in [0.717, 1.165) is 19.5 Å². The Balaban J connectivity index is 1.84. The van der Waals surface area contributed by atoms with Gasteiger partial charge in [0.2, 0.25) is 0 Å². The van der Waals surface area contributed by atoms with Crippen LogP contribution in [0, 0.1) is 0 Å². The van der Waals surface area contributed by atoms with Crippen molar-refractivity contribution in [3.63, 3.8) is 0 Å². The van der Waals surface area contributed by atoms with Crippen LogP contribution in [0.1, 0.15) is 45.1 Å². The fourth-order valence-corrected chi connectivity index (χ4v) is 2.85. The number of rotatable bonds is 6. The minimum Gasteiger partial charge on any atom is -0.295 e. The Morgan fingerprint density at radius 2 is 2.05 bits per heavy atom. The largest absolute Gasteiger partial charge is 0.295 e. The molecule has 1 aromatic rings. The topological polar surface area (TPSA) is 15.6 Å². The zero-order valence-corrected chi connectivity index (χ0v) is 13.5. The van der Waals surface area contributed by atoms with E-state index in [9.17, 15) is 0 Å². The lowest BCUT2D eigenvalue weighted by atomic mass is 10.0. The maximum atomic E-state index is 4.68. The monoisotopic (exact) mass is 284 g/mol. The highest BCUT2D eigenvalue weighted by Crippen LogP contribution is 2.16. The van der Waals surface area contributed by atoms with Crippen molar-refractivity contribution in [3.8, 4) is 0 Å². The summed E-state index contributed by atoms with van der Waals surface area (Å²) < 4.78 is 0. The van der Waals surface area contributed by atoms with Gasteiger partial charge in [-0.05, 0) is 45.2 Å². The minimum atomic E-state index is 0.535. The third-order valence-electron chi connectivity index (χ3n) is 4.03. The number of likely N-dealkylation sites (tertiary alicyclic amines) is 1. The number of hydrogen-bond donors (Lipinski definition) is 0. The van der Waals surface area contributed by atoms with E-state index in [4.69, 9.17) is 0 Å². The van der Waals surface area contributed by atoms with Gasteiger partial charge >= 0.3 is 0 Å². The van der Waals surface area contributed by atoms with Crippen LogP contribution in [0.5, 0.6) is 0 Å². The molecule has 1 heterocycles. The number of hydrogen-bond acceptors (Lipinski definition) is 2. The first-order chi connectivity index (χ1) is 10.3. The molecule has 21 heavy (non-hydrogen) atoms. The molecule has 1 atom stereocenters. The standard InChI is InChI=1S/C19H28N2/c1-17(2)9-8-14-21-13-7-6-12-19(21)16-20-15-18-10-4-3-5-11-18/h3-5,9-11,16,19H,6-8,12-15H2,1-2H3. The third-order valence-corrected chi connectivity index (χ3v) is 4.03. The second kappa shape index (κ2) is 8.78. The average Bonchev–Trinajstić information content (AvgIpc) is 2.49. The van der Waals surface area contributed by atoms with Crippen LogP contribution >= 0.6 is 0 Å². The van der Waals surface area contributed by atoms with Gasteiger partial charge < -0.3 is 0 Å². The Morgan fingerprint density at radius 1 is 1.24 bits per heavy atom. The van der Waals surface area contributed by atoms with Gasteiger partial charge in [0.1, 0.15) is 0 Å². The van der Waals surface area contributed by atoms with Crippen LogP contribution in [-0.4, -0.2) is 30.2 Å². The zero-order chi connectivity index (χ0) is 14.9. The van der Waals surface area contributed by atoms with Crippen LogP contribution < -0.4 is 0 Å². The molecule has 0 spiro atoms.